The second-order valence-corrected chi connectivity index (χ2v) is 3.44. The molecule has 0 aliphatic rings. The average Bonchev–Trinajstić information content (AvgIpc) is 2.30. The summed E-state index contributed by atoms with van der Waals surface area (Å²) in [5.41, 5.74) is 4.98. The lowest BCUT2D eigenvalue weighted by Gasteiger charge is -2.13. The second-order valence-electron chi connectivity index (χ2n) is 3.44. The number of amides is 1. The van der Waals surface area contributed by atoms with Crippen LogP contribution in [0.2, 0.25) is 0 Å². The normalized spacial score (nSPS) is 9.83. The van der Waals surface area contributed by atoms with Gasteiger partial charge in [-0.2, -0.15) is 0 Å². The highest BCUT2D eigenvalue weighted by molar-refractivity contribution is 5.92. The summed E-state index contributed by atoms with van der Waals surface area (Å²) in [6.45, 7) is 2.18. The van der Waals surface area contributed by atoms with Gasteiger partial charge in [0, 0.05) is 0 Å². The van der Waals surface area contributed by atoms with Gasteiger partial charge < -0.3 is 20.3 Å². The molecule has 6 heteroatoms. The zero-order chi connectivity index (χ0) is 13.5. The molecule has 0 radical (unpaired) electrons. The first-order valence-corrected chi connectivity index (χ1v) is 5.46. The van der Waals surface area contributed by atoms with Gasteiger partial charge in [-0.15, -0.1) is 0 Å². The maximum Gasteiger partial charge on any atom is 0.339 e. The van der Waals surface area contributed by atoms with E-state index in [1.54, 1.807) is 19.1 Å². The lowest BCUT2D eigenvalue weighted by atomic mass is 10.2. The van der Waals surface area contributed by atoms with Crippen molar-refractivity contribution in [2.24, 2.45) is 5.73 Å². The van der Waals surface area contributed by atoms with Gasteiger partial charge in [0.15, 0.2) is 11.5 Å². The molecule has 98 valence electrons. The van der Waals surface area contributed by atoms with E-state index in [1.165, 1.54) is 6.07 Å². The Morgan fingerprint density at radius 2 is 2.06 bits per heavy atom. The number of primary amides is 1. The zero-order valence-corrected chi connectivity index (χ0v) is 10.0. The summed E-state index contributed by atoms with van der Waals surface area (Å²) < 4.78 is 10.6. The van der Waals surface area contributed by atoms with Crippen LogP contribution in [0.15, 0.2) is 18.2 Å². The summed E-state index contributed by atoms with van der Waals surface area (Å²) in [6, 6.07) is 4.58. The predicted octanol–water partition coefficient (Wildman–Crippen LogP) is 1.04. The van der Waals surface area contributed by atoms with Crippen LogP contribution in [0.3, 0.4) is 0 Å². The number of nitrogens with two attached hydrogens (primary N) is 1. The Bertz CT molecular complexity index is 444. The van der Waals surface area contributed by atoms with Gasteiger partial charge >= 0.3 is 5.97 Å². The molecule has 1 aromatic carbocycles. The van der Waals surface area contributed by atoms with Gasteiger partial charge in [-0.05, 0) is 19.1 Å². The molecule has 1 rings (SSSR count). The summed E-state index contributed by atoms with van der Waals surface area (Å²) in [7, 11) is 0. The summed E-state index contributed by atoms with van der Waals surface area (Å²) in [4.78, 5) is 21.7. The predicted molar refractivity (Wildman–Crippen MR) is 63.9 cm³/mol. The molecule has 3 N–H and O–H groups in total. The maximum absolute atomic E-state index is 11.0. The minimum atomic E-state index is -1.12. The Hall–Kier alpha value is -2.24. The number of para-hydroxylation sites is 1. The lowest BCUT2D eigenvalue weighted by Crippen LogP contribution is -2.15. The molecule has 0 saturated heterocycles. The van der Waals surface area contributed by atoms with Crippen LogP contribution in [0.5, 0.6) is 11.5 Å². The number of carbonyl (C=O) groups is 2. The van der Waals surface area contributed by atoms with Crippen LogP contribution in [0.4, 0.5) is 0 Å². The molecule has 18 heavy (non-hydrogen) atoms. The van der Waals surface area contributed by atoms with Gasteiger partial charge in [-0.3, -0.25) is 4.79 Å². The van der Waals surface area contributed by atoms with Crippen LogP contribution in [0, 0.1) is 0 Å². The highest BCUT2D eigenvalue weighted by Gasteiger charge is 2.16. The van der Waals surface area contributed by atoms with Crippen molar-refractivity contribution in [3.8, 4) is 11.5 Å². The fourth-order valence-corrected chi connectivity index (χ4v) is 1.36. The molecule has 0 atom stereocenters. The molecule has 0 heterocycles. The van der Waals surface area contributed by atoms with E-state index in [2.05, 4.69) is 0 Å². The van der Waals surface area contributed by atoms with E-state index in [9.17, 15) is 9.59 Å². The van der Waals surface area contributed by atoms with E-state index < -0.39 is 11.9 Å². The number of ether oxygens (including phenoxy) is 2. The number of benzene rings is 1. The molecule has 0 bridgehead atoms. The number of carboxylic acid groups (broad SMARTS) is 1. The van der Waals surface area contributed by atoms with E-state index in [1.807, 2.05) is 0 Å². The fourth-order valence-electron chi connectivity index (χ4n) is 1.36. The first-order valence-electron chi connectivity index (χ1n) is 5.46. The van der Waals surface area contributed by atoms with Gasteiger partial charge in [0.05, 0.1) is 19.6 Å². The van der Waals surface area contributed by atoms with Gasteiger partial charge in [-0.25, -0.2) is 4.79 Å². The van der Waals surface area contributed by atoms with Gasteiger partial charge in [0.2, 0.25) is 5.91 Å². The van der Waals surface area contributed by atoms with Crippen LogP contribution < -0.4 is 15.2 Å². The minimum Gasteiger partial charge on any atom is -0.490 e. The third kappa shape index (κ3) is 3.65. The third-order valence-corrected chi connectivity index (χ3v) is 2.10. The van der Waals surface area contributed by atoms with Gasteiger partial charge in [-0.1, -0.05) is 6.07 Å². The zero-order valence-electron chi connectivity index (χ0n) is 10.0. The molecule has 0 aromatic heterocycles. The number of carboxylic acids is 1. The average molecular weight is 253 g/mol. The molecule has 0 aliphatic heterocycles. The molecule has 0 unspecified atom stereocenters. The first kappa shape index (κ1) is 13.8. The van der Waals surface area contributed by atoms with Crippen molar-refractivity contribution < 1.29 is 24.2 Å². The molecular formula is C12H15NO5. The smallest absolute Gasteiger partial charge is 0.339 e. The Balaban J connectivity index is 2.95. The van der Waals surface area contributed by atoms with Crippen molar-refractivity contribution in [3.05, 3.63) is 23.8 Å². The first-order chi connectivity index (χ1) is 8.56. The minimum absolute atomic E-state index is 0.00887. The number of carbonyl (C=O) groups excluding carboxylic acids is 1. The standard InChI is InChI=1S/C12H15NO5/c1-2-17-9-5-3-4-8(12(15)16)11(9)18-7-6-10(13)14/h3-5H,2,6-7H2,1H3,(H2,13,14)(H,15,16). The summed E-state index contributed by atoms with van der Waals surface area (Å²) in [5.74, 6) is -1.18. The van der Waals surface area contributed by atoms with Crippen molar-refractivity contribution in [1.82, 2.24) is 0 Å². The Kier molecular flexibility index (Phi) is 4.98. The summed E-state index contributed by atoms with van der Waals surface area (Å²) >= 11 is 0. The molecule has 1 aromatic rings. The Labute approximate surface area is 104 Å². The van der Waals surface area contributed by atoms with E-state index >= 15 is 0 Å². The van der Waals surface area contributed by atoms with Crippen LogP contribution in [-0.2, 0) is 4.79 Å². The molecule has 0 aliphatic carbocycles. The van der Waals surface area contributed by atoms with Crippen LogP contribution in [0.1, 0.15) is 23.7 Å². The van der Waals surface area contributed by atoms with Crippen molar-refractivity contribution in [3.63, 3.8) is 0 Å². The van der Waals surface area contributed by atoms with E-state index in [4.69, 9.17) is 20.3 Å². The molecule has 1 amide bonds. The number of aromatic carboxylic acids is 1. The summed E-state index contributed by atoms with van der Waals surface area (Å²) in [5, 5.41) is 9.04. The summed E-state index contributed by atoms with van der Waals surface area (Å²) in [6.07, 6.45) is 0.0134. The Morgan fingerprint density at radius 1 is 1.33 bits per heavy atom. The second kappa shape index (κ2) is 6.48. The Morgan fingerprint density at radius 3 is 2.61 bits per heavy atom. The van der Waals surface area contributed by atoms with E-state index in [0.29, 0.717) is 12.4 Å². The van der Waals surface area contributed by atoms with E-state index in [-0.39, 0.29) is 24.3 Å². The monoisotopic (exact) mass is 253 g/mol. The van der Waals surface area contributed by atoms with Crippen LogP contribution in [0.25, 0.3) is 0 Å². The van der Waals surface area contributed by atoms with Crippen molar-refractivity contribution in [2.45, 2.75) is 13.3 Å². The lowest BCUT2D eigenvalue weighted by molar-refractivity contribution is -0.118. The maximum atomic E-state index is 11.0. The van der Waals surface area contributed by atoms with Crippen molar-refractivity contribution in [2.75, 3.05) is 13.2 Å². The SMILES string of the molecule is CCOc1cccc(C(=O)O)c1OCCC(N)=O. The highest BCUT2D eigenvalue weighted by atomic mass is 16.5. The van der Waals surface area contributed by atoms with E-state index in [0.717, 1.165) is 0 Å². The van der Waals surface area contributed by atoms with Crippen LogP contribution in [-0.4, -0.2) is 30.2 Å². The van der Waals surface area contributed by atoms with Crippen LogP contribution >= 0.6 is 0 Å². The molecule has 0 spiro atoms. The third-order valence-electron chi connectivity index (χ3n) is 2.10. The molecule has 0 saturated carbocycles. The van der Waals surface area contributed by atoms with Gasteiger partial charge in [0.1, 0.15) is 5.56 Å². The van der Waals surface area contributed by atoms with Crippen molar-refractivity contribution >= 4 is 11.9 Å². The molecule has 6 nitrogen and oxygen atoms in total. The largest absolute Gasteiger partial charge is 0.490 e. The topological polar surface area (TPSA) is 98.8 Å². The quantitative estimate of drug-likeness (QED) is 0.756. The van der Waals surface area contributed by atoms with Crippen molar-refractivity contribution in [1.29, 1.82) is 0 Å². The molecule has 0 fully saturated rings. The highest BCUT2D eigenvalue weighted by Crippen LogP contribution is 2.31. The number of hydrogen-bond acceptors (Lipinski definition) is 4. The number of hydrogen-bond donors (Lipinski definition) is 2. The van der Waals surface area contributed by atoms with Gasteiger partial charge in [0.25, 0.3) is 0 Å². The number of rotatable bonds is 7. The fraction of sp³-hybridized carbons (Fsp3) is 0.333. The molecular weight excluding hydrogens is 238 g/mol.